The molecule has 3 N–H and O–H groups in total. The van der Waals surface area contributed by atoms with Gasteiger partial charge in [0.2, 0.25) is 0 Å². The molecule has 7 heteroatoms. The van der Waals surface area contributed by atoms with Crippen LogP contribution in [0.3, 0.4) is 0 Å². The number of rotatable bonds is 16. The van der Waals surface area contributed by atoms with Crippen LogP contribution < -0.4 is 15.4 Å². The van der Waals surface area contributed by atoms with Gasteiger partial charge in [-0.2, -0.15) is 0 Å². The van der Waals surface area contributed by atoms with Crippen molar-refractivity contribution in [2.24, 2.45) is 5.92 Å². The number of nitrogens with one attached hydrogen (secondary N) is 2. The lowest BCUT2D eigenvalue weighted by Crippen LogP contribution is -2.32. The van der Waals surface area contributed by atoms with E-state index in [4.69, 9.17) is 4.74 Å². The second-order valence-corrected chi connectivity index (χ2v) is 9.45. The van der Waals surface area contributed by atoms with E-state index in [9.17, 15) is 19.5 Å². The number of carbonyl (C=O) groups is 3. The van der Waals surface area contributed by atoms with E-state index in [1.54, 1.807) is 48.5 Å². The fraction of sp³-hybridized carbons (Fsp3) is 0.323. The van der Waals surface area contributed by atoms with Gasteiger partial charge >= 0.3 is 5.97 Å². The zero-order valence-electron chi connectivity index (χ0n) is 22.0. The molecule has 0 saturated heterocycles. The maximum Gasteiger partial charge on any atom is 0.326 e. The van der Waals surface area contributed by atoms with Gasteiger partial charge in [-0.25, -0.2) is 4.79 Å². The first kappa shape index (κ1) is 28.6. The summed E-state index contributed by atoms with van der Waals surface area (Å²) in [7, 11) is 0. The van der Waals surface area contributed by atoms with Crippen molar-refractivity contribution < 1.29 is 24.2 Å². The summed E-state index contributed by atoms with van der Waals surface area (Å²) in [6, 6.07) is 22.3. The van der Waals surface area contributed by atoms with Crippen LogP contribution >= 0.6 is 0 Å². The molecule has 1 atom stereocenters. The van der Waals surface area contributed by atoms with Crippen molar-refractivity contribution in [1.82, 2.24) is 5.32 Å². The summed E-state index contributed by atoms with van der Waals surface area (Å²) in [6.07, 6.45) is 1.64. The summed E-state index contributed by atoms with van der Waals surface area (Å²) < 4.78 is 5.76. The lowest BCUT2D eigenvalue weighted by molar-refractivity contribution is -0.137. The quantitative estimate of drug-likeness (QED) is 0.182. The average molecular weight is 517 g/mol. The lowest BCUT2D eigenvalue weighted by Gasteiger charge is -2.18. The first-order valence-corrected chi connectivity index (χ1v) is 13.0. The molecule has 3 aromatic carbocycles. The van der Waals surface area contributed by atoms with Crippen LogP contribution in [0.25, 0.3) is 0 Å². The maximum atomic E-state index is 13.0. The monoisotopic (exact) mass is 516 g/mol. The van der Waals surface area contributed by atoms with Crippen LogP contribution in [0.2, 0.25) is 0 Å². The fourth-order valence-corrected chi connectivity index (χ4v) is 3.94. The number of hydrogen-bond acceptors (Lipinski definition) is 6. The maximum absolute atomic E-state index is 13.0. The number of aliphatic carboxylic acids is 1. The molecule has 0 bridgehead atoms. The number of benzene rings is 3. The van der Waals surface area contributed by atoms with Crippen LogP contribution in [-0.4, -0.2) is 48.4 Å². The van der Waals surface area contributed by atoms with Crippen LogP contribution in [0.1, 0.15) is 48.2 Å². The third-order valence-electron chi connectivity index (χ3n) is 6.17. The summed E-state index contributed by atoms with van der Waals surface area (Å²) in [6.45, 7) is 5.76. The van der Waals surface area contributed by atoms with Crippen LogP contribution in [0.5, 0.6) is 5.75 Å². The number of para-hydroxylation sites is 1. The molecular weight excluding hydrogens is 480 g/mol. The van der Waals surface area contributed by atoms with Crippen molar-refractivity contribution in [3.8, 4) is 5.75 Å². The Labute approximate surface area is 224 Å². The highest BCUT2D eigenvalue weighted by Gasteiger charge is 2.21. The Bertz CT molecular complexity index is 1190. The normalized spacial score (nSPS) is 11.7. The number of hydrogen-bond donors (Lipinski definition) is 3. The zero-order valence-corrected chi connectivity index (χ0v) is 22.0. The van der Waals surface area contributed by atoms with Gasteiger partial charge in [-0.3, -0.25) is 9.59 Å². The summed E-state index contributed by atoms with van der Waals surface area (Å²) in [5.41, 5.74) is 2.28. The highest BCUT2D eigenvalue weighted by Crippen LogP contribution is 2.22. The minimum atomic E-state index is -1.01. The van der Waals surface area contributed by atoms with E-state index in [2.05, 4.69) is 10.6 Å². The number of ketones is 2. The molecule has 0 amide bonds. The van der Waals surface area contributed by atoms with Crippen molar-refractivity contribution in [2.75, 3.05) is 25.0 Å². The molecule has 0 aromatic heterocycles. The molecule has 0 unspecified atom stereocenters. The van der Waals surface area contributed by atoms with Crippen LogP contribution in [0, 0.1) is 5.92 Å². The van der Waals surface area contributed by atoms with Crippen LogP contribution in [-0.2, 0) is 16.0 Å². The van der Waals surface area contributed by atoms with Crippen molar-refractivity contribution in [2.45, 2.75) is 39.2 Å². The first-order chi connectivity index (χ1) is 18.3. The summed E-state index contributed by atoms with van der Waals surface area (Å²) >= 11 is 0. The van der Waals surface area contributed by atoms with Crippen molar-refractivity contribution in [3.05, 3.63) is 95.6 Å². The predicted octanol–water partition coefficient (Wildman–Crippen LogP) is 5.00. The number of carboxylic acid groups (broad SMARTS) is 1. The Morgan fingerprint density at radius 2 is 1.55 bits per heavy atom. The highest BCUT2D eigenvalue weighted by molar-refractivity contribution is 6.12. The van der Waals surface area contributed by atoms with Gasteiger partial charge in [-0.15, -0.1) is 0 Å². The molecule has 0 aliphatic rings. The van der Waals surface area contributed by atoms with Crippen molar-refractivity contribution in [1.29, 1.82) is 0 Å². The second kappa shape index (κ2) is 14.7. The molecule has 7 nitrogen and oxygen atoms in total. The topological polar surface area (TPSA) is 105 Å². The van der Waals surface area contributed by atoms with Gasteiger partial charge < -0.3 is 20.5 Å². The van der Waals surface area contributed by atoms with Gasteiger partial charge in [0, 0.05) is 42.1 Å². The van der Waals surface area contributed by atoms with E-state index >= 15 is 0 Å². The molecule has 0 radical (unpaired) electrons. The summed E-state index contributed by atoms with van der Waals surface area (Å²) in [4.78, 5) is 36.7. The molecule has 0 aliphatic heterocycles. The number of Topliss-reactive ketones (excluding diaryl/α,β-unsaturated/α-hetero) is 1. The van der Waals surface area contributed by atoms with Gasteiger partial charge in [0.1, 0.15) is 24.2 Å². The predicted molar refractivity (Wildman–Crippen MR) is 149 cm³/mol. The third kappa shape index (κ3) is 8.85. The molecule has 38 heavy (non-hydrogen) atoms. The lowest BCUT2D eigenvalue weighted by atomic mass is 10.00. The molecule has 200 valence electrons. The molecule has 0 fully saturated rings. The molecule has 0 aliphatic carbocycles. The fourth-order valence-electron chi connectivity index (χ4n) is 3.94. The van der Waals surface area contributed by atoms with Crippen LogP contribution in [0.4, 0.5) is 5.69 Å². The average Bonchev–Trinajstić information content (AvgIpc) is 2.93. The Balaban J connectivity index is 1.51. The Morgan fingerprint density at radius 1 is 0.868 bits per heavy atom. The number of ether oxygens (including phenoxy) is 1. The highest BCUT2D eigenvalue weighted by atomic mass is 16.5. The molecular formula is C31H36N2O5. The van der Waals surface area contributed by atoms with E-state index < -0.39 is 12.0 Å². The number of carboxylic acids is 1. The zero-order chi connectivity index (χ0) is 27.3. The van der Waals surface area contributed by atoms with E-state index in [1.807, 2.05) is 44.2 Å². The van der Waals surface area contributed by atoms with Gasteiger partial charge in [0.15, 0.2) is 5.78 Å². The molecule has 3 aromatic rings. The Kier molecular flexibility index (Phi) is 11.1. The Morgan fingerprint density at radius 3 is 2.24 bits per heavy atom. The number of anilines is 1. The van der Waals surface area contributed by atoms with E-state index in [-0.39, 0.29) is 23.9 Å². The SMILES string of the molecule is CC(C)C(=O)CCCNCCOc1ccc(C[C@H](Nc2ccccc2C(=O)c2ccccc2)C(=O)O)cc1. The Hall–Kier alpha value is -3.97. The third-order valence-corrected chi connectivity index (χ3v) is 6.17. The van der Waals surface area contributed by atoms with E-state index in [0.717, 1.165) is 18.5 Å². The standard InChI is InChI=1S/C31H36N2O5/c1-22(2)29(34)13-8-18-32-19-20-38-25-16-14-23(15-17-25)21-28(31(36)37)33-27-12-7-6-11-26(27)30(35)24-9-4-3-5-10-24/h3-7,9-12,14-17,22,28,32-33H,8,13,18-21H2,1-2H3,(H,36,37)/t28-/m0/s1. The van der Waals surface area contributed by atoms with Gasteiger partial charge in [0.25, 0.3) is 0 Å². The van der Waals surface area contributed by atoms with E-state index in [1.165, 1.54) is 0 Å². The van der Waals surface area contributed by atoms with E-state index in [0.29, 0.717) is 42.1 Å². The molecule has 0 heterocycles. The number of carbonyl (C=O) groups excluding carboxylic acids is 2. The summed E-state index contributed by atoms with van der Waals surface area (Å²) in [5, 5.41) is 16.2. The van der Waals surface area contributed by atoms with Crippen LogP contribution in [0.15, 0.2) is 78.9 Å². The molecule has 0 saturated carbocycles. The van der Waals surface area contributed by atoms with Gasteiger partial charge in [-0.05, 0) is 42.8 Å². The summed E-state index contributed by atoms with van der Waals surface area (Å²) in [5.74, 6) is -0.105. The van der Waals surface area contributed by atoms with Crippen molar-refractivity contribution in [3.63, 3.8) is 0 Å². The molecule has 0 spiro atoms. The van der Waals surface area contributed by atoms with Gasteiger partial charge in [0.05, 0.1) is 0 Å². The first-order valence-electron chi connectivity index (χ1n) is 13.0. The largest absolute Gasteiger partial charge is 0.492 e. The van der Waals surface area contributed by atoms with Crippen molar-refractivity contribution >= 4 is 23.2 Å². The molecule has 3 rings (SSSR count). The second-order valence-electron chi connectivity index (χ2n) is 9.45. The minimum Gasteiger partial charge on any atom is -0.492 e. The minimum absolute atomic E-state index is 0.0857. The van der Waals surface area contributed by atoms with Gasteiger partial charge in [-0.1, -0.05) is 68.4 Å². The smallest absolute Gasteiger partial charge is 0.326 e.